The first-order chi connectivity index (χ1) is 14.9. The van der Waals surface area contributed by atoms with Crippen LogP contribution in [-0.2, 0) is 10.0 Å². The third-order valence-electron chi connectivity index (χ3n) is 6.05. The number of piperidine rings is 1. The average molecular weight is 467 g/mol. The zero-order valence-corrected chi connectivity index (χ0v) is 19.6. The summed E-state index contributed by atoms with van der Waals surface area (Å²) >= 11 is 1.28. The van der Waals surface area contributed by atoms with Crippen molar-refractivity contribution in [1.82, 2.24) is 19.8 Å². The highest BCUT2D eigenvalue weighted by Crippen LogP contribution is 2.33. The van der Waals surface area contributed by atoms with E-state index in [1.807, 2.05) is 0 Å². The second-order valence-electron chi connectivity index (χ2n) is 8.46. The van der Waals surface area contributed by atoms with E-state index in [-0.39, 0.29) is 28.6 Å². The summed E-state index contributed by atoms with van der Waals surface area (Å²) in [7, 11) is -3.64. The van der Waals surface area contributed by atoms with E-state index in [1.54, 1.807) is 17.9 Å². The van der Waals surface area contributed by atoms with E-state index in [0.29, 0.717) is 22.8 Å². The van der Waals surface area contributed by atoms with Crippen LogP contribution >= 0.6 is 11.3 Å². The number of sulfonamides is 1. The number of likely N-dealkylation sites (tertiary alicyclic amines) is 1. The van der Waals surface area contributed by atoms with E-state index in [4.69, 9.17) is 4.42 Å². The lowest BCUT2D eigenvalue weighted by atomic mass is 9.97. The SMILES string of the molecule is Cc1sc(-c2nnc(C(=O)N3CCCCC3)o2)cc1S(=O)(=O)NC1CCCCCCC1. The Balaban J connectivity index is 1.49. The zero-order valence-electron chi connectivity index (χ0n) is 17.9. The first-order valence-corrected chi connectivity index (χ1v) is 13.5. The van der Waals surface area contributed by atoms with Crippen LogP contribution in [0.2, 0.25) is 0 Å². The maximum atomic E-state index is 13.1. The van der Waals surface area contributed by atoms with E-state index in [1.165, 1.54) is 17.8 Å². The van der Waals surface area contributed by atoms with Gasteiger partial charge in [0.2, 0.25) is 10.0 Å². The fraction of sp³-hybridized carbons (Fsp3) is 0.667. The van der Waals surface area contributed by atoms with Gasteiger partial charge in [0.15, 0.2) is 0 Å². The highest BCUT2D eigenvalue weighted by molar-refractivity contribution is 7.89. The van der Waals surface area contributed by atoms with Crippen LogP contribution in [0.4, 0.5) is 0 Å². The van der Waals surface area contributed by atoms with E-state index < -0.39 is 10.0 Å². The lowest BCUT2D eigenvalue weighted by Crippen LogP contribution is -2.35. The van der Waals surface area contributed by atoms with Gasteiger partial charge in [0.05, 0.1) is 9.77 Å². The number of nitrogens with one attached hydrogen (secondary N) is 1. The fourth-order valence-corrected chi connectivity index (χ4v) is 7.15. The lowest BCUT2D eigenvalue weighted by molar-refractivity contribution is 0.0684. The van der Waals surface area contributed by atoms with Gasteiger partial charge < -0.3 is 9.32 Å². The zero-order chi connectivity index (χ0) is 21.8. The molecular weight excluding hydrogens is 436 g/mol. The molecule has 4 rings (SSSR count). The Hall–Kier alpha value is -1.78. The molecular formula is C21H30N4O4S2. The fourth-order valence-electron chi connectivity index (χ4n) is 4.34. The van der Waals surface area contributed by atoms with Crippen LogP contribution in [0.1, 0.15) is 79.8 Å². The van der Waals surface area contributed by atoms with Gasteiger partial charge in [-0.05, 0) is 45.1 Å². The van der Waals surface area contributed by atoms with Crippen LogP contribution < -0.4 is 4.72 Å². The molecule has 10 heteroatoms. The number of hydrogen-bond donors (Lipinski definition) is 1. The molecule has 0 spiro atoms. The molecule has 1 saturated heterocycles. The average Bonchev–Trinajstić information content (AvgIpc) is 3.37. The molecule has 1 N–H and O–H groups in total. The summed E-state index contributed by atoms with van der Waals surface area (Å²) in [6, 6.07) is 1.55. The predicted molar refractivity (Wildman–Crippen MR) is 119 cm³/mol. The number of carbonyl (C=O) groups is 1. The van der Waals surface area contributed by atoms with Crippen molar-refractivity contribution < 1.29 is 17.6 Å². The molecule has 0 aromatic carbocycles. The molecule has 0 bridgehead atoms. The molecule has 3 heterocycles. The molecule has 0 radical (unpaired) electrons. The highest BCUT2D eigenvalue weighted by atomic mass is 32.2. The molecule has 31 heavy (non-hydrogen) atoms. The normalized spacial score (nSPS) is 19.2. The van der Waals surface area contributed by atoms with E-state index >= 15 is 0 Å². The molecule has 170 valence electrons. The van der Waals surface area contributed by atoms with Crippen LogP contribution in [0.25, 0.3) is 10.8 Å². The summed E-state index contributed by atoms with van der Waals surface area (Å²) in [5, 5.41) is 7.92. The molecule has 2 aromatic rings. The molecule has 1 aliphatic carbocycles. The molecule has 1 saturated carbocycles. The minimum Gasteiger partial charge on any atom is -0.411 e. The largest absolute Gasteiger partial charge is 0.411 e. The van der Waals surface area contributed by atoms with Crippen molar-refractivity contribution in [3.05, 3.63) is 16.8 Å². The van der Waals surface area contributed by atoms with Crippen molar-refractivity contribution >= 4 is 27.3 Å². The van der Waals surface area contributed by atoms with Gasteiger partial charge in [-0.1, -0.05) is 32.1 Å². The van der Waals surface area contributed by atoms with Crippen molar-refractivity contribution in [3.63, 3.8) is 0 Å². The van der Waals surface area contributed by atoms with Crippen molar-refractivity contribution in [1.29, 1.82) is 0 Å². The molecule has 1 aliphatic heterocycles. The van der Waals surface area contributed by atoms with Gasteiger partial charge >= 0.3 is 11.8 Å². The van der Waals surface area contributed by atoms with Crippen LogP contribution in [0, 0.1) is 6.92 Å². The summed E-state index contributed by atoms with van der Waals surface area (Å²) in [5.74, 6) is -0.119. The Morgan fingerprint density at radius 3 is 2.42 bits per heavy atom. The van der Waals surface area contributed by atoms with E-state index in [0.717, 1.165) is 57.8 Å². The number of carbonyl (C=O) groups excluding carboxylic acids is 1. The quantitative estimate of drug-likeness (QED) is 0.710. The van der Waals surface area contributed by atoms with Crippen LogP contribution in [-0.4, -0.2) is 48.6 Å². The molecule has 2 fully saturated rings. The Morgan fingerprint density at radius 2 is 1.71 bits per heavy atom. The minimum atomic E-state index is -3.64. The van der Waals surface area contributed by atoms with Gasteiger partial charge in [-0.3, -0.25) is 4.79 Å². The van der Waals surface area contributed by atoms with Gasteiger partial charge in [-0.15, -0.1) is 21.5 Å². The van der Waals surface area contributed by atoms with Gasteiger partial charge in [0.1, 0.15) is 0 Å². The predicted octanol–water partition coefficient (Wildman–Crippen LogP) is 4.12. The summed E-state index contributed by atoms with van der Waals surface area (Å²) < 4.78 is 34.6. The summed E-state index contributed by atoms with van der Waals surface area (Å²) in [5.41, 5.74) is 0. The van der Waals surface area contributed by atoms with Crippen molar-refractivity contribution in [3.8, 4) is 10.8 Å². The maximum absolute atomic E-state index is 13.1. The van der Waals surface area contributed by atoms with Crippen LogP contribution in [0.5, 0.6) is 0 Å². The summed E-state index contributed by atoms with van der Waals surface area (Å²) in [6.07, 6.45) is 10.5. The standard InChI is InChI=1S/C21H30N4O4S2/c1-15-18(31(27,28)24-16-10-6-3-2-4-7-11-16)14-17(30-15)19-22-23-20(29-19)21(26)25-12-8-5-9-13-25/h14,16,24H,2-13H2,1H3. The van der Waals surface area contributed by atoms with Gasteiger partial charge in [0, 0.05) is 24.0 Å². The number of nitrogens with zero attached hydrogens (tertiary/aromatic N) is 3. The highest BCUT2D eigenvalue weighted by Gasteiger charge is 2.27. The number of thiophene rings is 1. The number of aryl methyl sites for hydroxylation is 1. The van der Waals surface area contributed by atoms with Crippen molar-refractivity contribution in [2.24, 2.45) is 0 Å². The first-order valence-electron chi connectivity index (χ1n) is 11.2. The summed E-state index contributed by atoms with van der Waals surface area (Å²) in [4.78, 5) is 15.8. The third kappa shape index (κ3) is 5.35. The number of aromatic nitrogens is 2. The topological polar surface area (TPSA) is 105 Å². The molecule has 8 nitrogen and oxygen atoms in total. The Morgan fingerprint density at radius 1 is 1.06 bits per heavy atom. The molecule has 2 aromatic heterocycles. The Labute approximate surface area is 187 Å². The number of rotatable bonds is 5. The second-order valence-corrected chi connectivity index (χ2v) is 11.4. The number of hydrogen-bond acceptors (Lipinski definition) is 7. The van der Waals surface area contributed by atoms with Crippen molar-refractivity contribution in [2.75, 3.05) is 13.1 Å². The minimum absolute atomic E-state index is 0.0229. The third-order valence-corrected chi connectivity index (χ3v) is 8.87. The van der Waals surface area contributed by atoms with E-state index in [9.17, 15) is 13.2 Å². The molecule has 0 unspecified atom stereocenters. The molecule has 2 aliphatic rings. The summed E-state index contributed by atoms with van der Waals surface area (Å²) in [6.45, 7) is 3.17. The van der Waals surface area contributed by atoms with Gasteiger partial charge in [-0.2, -0.15) is 0 Å². The van der Waals surface area contributed by atoms with Crippen LogP contribution in [0.15, 0.2) is 15.4 Å². The van der Waals surface area contributed by atoms with Gasteiger partial charge in [-0.25, -0.2) is 13.1 Å². The first kappa shape index (κ1) is 22.4. The molecule has 0 atom stereocenters. The Kier molecular flexibility index (Phi) is 7.08. The monoisotopic (exact) mass is 466 g/mol. The smallest absolute Gasteiger partial charge is 0.311 e. The number of amides is 1. The Bertz CT molecular complexity index is 1000. The van der Waals surface area contributed by atoms with Gasteiger partial charge in [0.25, 0.3) is 5.89 Å². The lowest BCUT2D eigenvalue weighted by Gasteiger charge is -2.24. The molecule has 1 amide bonds. The second kappa shape index (κ2) is 9.79. The van der Waals surface area contributed by atoms with Crippen molar-refractivity contribution in [2.45, 2.75) is 82.1 Å². The van der Waals surface area contributed by atoms with Crippen LogP contribution in [0.3, 0.4) is 0 Å². The van der Waals surface area contributed by atoms with E-state index in [2.05, 4.69) is 14.9 Å². The maximum Gasteiger partial charge on any atom is 0.311 e.